The zero-order valence-corrected chi connectivity index (χ0v) is 18.2. The van der Waals surface area contributed by atoms with Gasteiger partial charge in [-0.25, -0.2) is 9.37 Å². The number of nitrogens with one attached hydrogen (secondary N) is 1. The first kappa shape index (κ1) is 20.3. The molecular weight excluding hydrogens is 411 g/mol. The van der Waals surface area contributed by atoms with E-state index in [1.807, 2.05) is 18.5 Å². The van der Waals surface area contributed by atoms with Crippen molar-refractivity contribution in [3.05, 3.63) is 83.0 Å². The lowest BCUT2D eigenvalue weighted by molar-refractivity contribution is 0.374. The normalized spacial score (nSPS) is 19.0. The summed E-state index contributed by atoms with van der Waals surface area (Å²) in [5.41, 5.74) is 4.97. The van der Waals surface area contributed by atoms with Gasteiger partial charge in [-0.15, -0.1) is 0 Å². The highest BCUT2D eigenvalue weighted by molar-refractivity contribution is 6.37. The summed E-state index contributed by atoms with van der Waals surface area (Å²) in [7, 11) is 0. The van der Waals surface area contributed by atoms with E-state index in [4.69, 9.17) is 11.6 Å². The molecule has 2 aliphatic heterocycles. The quantitative estimate of drug-likeness (QED) is 0.580. The Hall–Kier alpha value is -2.63. The minimum atomic E-state index is -0.222. The Kier molecular flexibility index (Phi) is 5.79. The molecule has 6 heteroatoms. The highest BCUT2D eigenvalue weighted by Crippen LogP contribution is 2.31. The lowest BCUT2D eigenvalue weighted by Crippen LogP contribution is -2.29. The van der Waals surface area contributed by atoms with Crippen molar-refractivity contribution in [3.63, 3.8) is 0 Å². The summed E-state index contributed by atoms with van der Waals surface area (Å²) in [5, 5.41) is 4.32. The Bertz CT molecular complexity index is 1140. The summed E-state index contributed by atoms with van der Waals surface area (Å²) >= 11 is 6.69. The second-order valence-corrected chi connectivity index (χ2v) is 8.78. The van der Waals surface area contributed by atoms with Gasteiger partial charge in [0.1, 0.15) is 5.82 Å². The van der Waals surface area contributed by atoms with Crippen molar-refractivity contribution in [2.75, 3.05) is 19.6 Å². The van der Waals surface area contributed by atoms with Crippen molar-refractivity contribution >= 4 is 28.2 Å². The number of fused-ring (bicyclic) bond motifs is 1. The van der Waals surface area contributed by atoms with E-state index in [2.05, 4.69) is 44.2 Å². The largest absolute Gasteiger partial charge is 0.372 e. The zero-order valence-electron chi connectivity index (χ0n) is 17.4. The van der Waals surface area contributed by atoms with Crippen molar-refractivity contribution < 1.29 is 4.39 Å². The van der Waals surface area contributed by atoms with Gasteiger partial charge in [0, 0.05) is 31.9 Å². The van der Waals surface area contributed by atoms with Crippen LogP contribution in [0.5, 0.6) is 0 Å². The van der Waals surface area contributed by atoms with Gasteiger partial charge in [-0.3, -0.25) is 0 Å². The predicted molar refractivity (Wildman–Crippen MR) is 124 cm³/mol. The molecule has 0 radical (unpaired) electrons. The molecule has 0 spiro atoms. The second kappa shape index (κ2) is 8.85. The molecule has 0 bridgehead atoms. The van der Waals surface area contributed by atoms with Gasteiger partial charge in [0.2, 0.25) is 0 Å². The number of hydrogen-bond donors (Lipinski definition) is 1. The monoisotopic (exact) mass is 436 g/mol. The molecule has 1 aromatic heterocycles. The Morgan fingerprint density at radius 2 is 2.13 bits per heavy atom. The minimum Gasteiger partial charge on any atom is -0.372 e. The summed E-state index contributed by atoms with van der Waals surface area (Å²) in [6, 6.07) is 13.6. The molecule has 5 rings (SSSR count). The molecule has 0 amide bonds. The van der Waals surface area contributed by atoms with Crippen LogP contribution in [0.15, 0.2) is 66.1 Å². The van der Waals surface area contributed by atoms with Crippen LogP contribution in [0.25, 0.3) is 16.6 Å². The molecule has 3 heterocycles. The number of aromatic nitrogens is 2. The zero-order chi connectivity index (χ0) is 21.2. The maximum absolute atomic E-state index is 13.6. The maximum Gasteiger partial charge on any atom is 0.123 e. The standard InChI is InChI=1S/C25H26ClFN4/c26-23-16-30(11-8-21-5-2-10-28-21)12-9-22(23)19-6-7-24-25(14-19)31(17-29-24)15-18-3-1-4-20(27)13-18/h1,3-4,6-7,9,13-14,16-17,21,28H,2,5,8,10-12,15H2. The lowest BCUT2D eigenvalue weighted by atomic mass is 10.0. The Balaban J connectivity index is 1.33. The SMILES string of the molecule is Fc1cccc(Cn2cnc3ccc(C4=CCN(CCC5CCCN5)C=C4Cl)cc32)c1. The first-order chi connectivity index (χ1) is 15.2. The average molecular weight is 437 g/mol. The molecule has 0 aliphatic carbocycles. The number of hydrogen-bond acceptors (Lipinski definition) is 3. The third-order valence-corrected chi connectivity index (χ3v) is 6.49. The average Bonchev–Trinajstić information content (AvgIpc) is 3.42. The van der Waals surface area contributed by atoms with Crippen LogP contribution in [0.1, 0.15) is 30.4 Å². The smallest absolute Gasteiger partial charge is 0.123 e. The number of imidazole rings is 1. The van der Waals surface area contributed by atoms with Crippen LogP contribution in [0.4, 0.5) is 4.39 Å². The van der Waals surface area contributed by atoms with Crippen molar-refractivity contribution in [1.82, 2.24) is 19.8 Å². The number of allylic oxidation sites excluding steroid dienone is 2. The van der Waals surface area contributed by atoms with Crippen LogP contribution in [0, 0.1) is 5.82 Å². The van der Waals surface area contributed by atoms with Gasteiger partial charge in [0.25, 0.3) is 0 Å². The van der Waals surface area contributed by atoms with Gasteiger partial charge in [-0.2, -0.15) is 0 Å². The van der Waals surface area contributed by atoms with E-state index in [1.54, 1.807) is 12.1 Å². The maximum atomic E-state index is 13.6. The van der Waals surface area contributed by atoms with Crippen molar-refractivity contribution in [2.45, 2.75) is 31.8 Å². The molecule has 0 saturated carbocycles. The summed E-state index contributed by atoms with van der Waals surface area (Å²) in [6.07, 6.45) is 9.79. The molecule has 1 atom stereocenters. The third-order valence-electron chi connectivity index (χ3n) is 6.18. The predicted octanol–water partition coefficient (Wildman–Crippen LogP) is 5.15. The number of halogens is 2. The minimum absolute atomic E-state index is 0.222. The van der Waals surface area contributed by atoms with Crippen molar-refractivity contribution in [3.8, 4) is 0 Å². The van der Waals surface area contributed by atoms with E-state index in [0.29, 0.717) is 12.6 Å². The fraction of sp³-hybridized carbons (Fsp3) is 0.320. The summed E-state index contributed by atoms with van der Waals surface area (Å²) in [4.78, 5) is 6.79. The van der Waals surface area contributed by atoms with Crippen LogP contribution in [0.3, 0.4) is 0 Å². The lowest BCUT2D eigenvalue weighted by Gasteiger charge is -2.26. The Morgan fingerprint density at radius 1 is 1.19 bits per heavy atom. The van der Waals surface area contributed by atoms with Gasteiger partial charge < -0.3 is 14.8 Å². The van der Waals surface area contributed by atoms with Crippen LogP contribution in [-0.4, -0.2) is 40.1 Å². The molecule has 2 aromatic carbocycles. The second-order valence-electron chi connectivity index (χ2n) is 8.38. The van der Waals surface area contributed by atoms with Crippen LogP contribution >= 0.6 is 11.6 Å². The molecule has 31 heavy (non-hydrogen) atoms. The molecule has 1 saturated heterocycles. The molecule has 1 fully saturated rings. The van der Waals surface area contributed by atoms with Gasteiger partial charge >= 0.3 is 0 Å². The summed E-state index contributed by atoms with van der Waals surface area (Å²) in [5.74, 6) is -0.222. The van der Waals surface area contributed by atoms with Crippen LogP contribution in [-0.2, 0) is 6.54 Å². The fourth-order valence-electron chi connectivity index (χ4n) is 4.51. The van der Waals surface area contributed by atoms with Crippen LogP contribution in [0.2, 0.25) is 0 Å². The van der Waals surface area contributed by atoms with E-state index < -0.39 is 0 Å². The number of benzene rings is 2. The van der Waals surface area contributed by atoms with E-state index in [1.165, 1.54) is 18.9 Å². The highest BCUT2D eigenvalue weighted by atomic mass is 35.5. The Labute approximate surface area is 187 Å². The molecule has 3 aromatic rings. The summed E-state index contributed by atoms with van der Waals surface area (Å²) in [6.45, 7) is 3.59. The molecule has 4 nitrogen and oxygen atoms in total. The number of nitrogens with zero attached hydrogens (tertiary/aromatic N) is 3. The molecule has 2 aliphatic rings. The van der Waals surface area contributed by atoms with Gasteiger partial charge in [0.05, 0.1) is 22.4 Å². The van der Waals surface area contributed by atoms with Gasteiger partial charge in [-0.05, 0) is 66.8 Å². The molecule has 160 valence electrons. The van der Waals surface area contributed by atoms with E-state index in [-0.39, 0.29) is 5.82 Å². The highest BCUT2D eigenvalue weighted by Gasteiger charge is 2.18. The first-order valence-electron chi connectivity index (χ1n) is 10.9. The van der Waals surface area contributed by atoms with Crippen molar-refractivity contribution in [1.29, 1.82) is 0 Å². The molecule has 1 N–H and O–H groups in total. The topological polar surface area (TPSA) is 33.1 Å². The summed E-state index contributed by atoms with van der Waals surface area (Å²) < 4.78 is 15.6. The Morgan fingerprint density at radius 3 is 2.94 bits per heavy atom. The van der Waals surface area contributed by atoms with Crippen LogP contribution < -0.4 is 5.32 Å². The van der Waals surface area contributed by atoms with E-state index in [9.17, 15) is 4.39 Å². The van der Waals surface area contributed by atoms with E-state index in [0.717, 1.165) is 58.8 Å². The van der Waals surface area contributed by atoms with Gasteiger partial charge in [-0.1, -0.05) is 35.9 Å². The molecular formula is C25H26ClFN4. The molecule has 1 unspecified atom stereocenters. The first-order valence-corrected chi connectivity index (χ1v) is 11.3. The van der Waals surface area contributed by atoms with Crippen molar-refractivity contribution in [2.24, 2.45) is 0 Å². The fourth-order valence-corrected chi connectivity index (χ4v) is 4.83. The number of rotatable bonds is 6. The third kappa shape index (κ3) is 4.53. The van der Waals surface area contributed by atoms with E-state index >= 15 is 0 Å². The van der Waals surface area contributed by atoms with Gasteiger partial charge in [0.15, 0.2) is 0 Å².